The normalized spacial score (nSPS) is 15.9. The standard InChI is InChI=1S/C9H21N/c1-7(2)9(4,5)8(3)6-10/h7-8H,6,10H2,1-5H3. The molecule has 1 heteroatoms. The maximum absolute atomic E-state index is 5.60. The van der Waals surface area contributed by atoms with Gasteiger partial charge in [-0.15, -0.1) is 0 Å². The molecule has 1 nitrogen and oxygen atoms in total. The third-order valence-corrected chi connectivity index (χ3v) is 3.11. The summed E-state index contributed by atoms with van der Waals surface area (Å²) < 4.78 is 0. The van der Waals surface area contributed by atoms with Crippen molar-refractivity contribution in [2.75, 3.05) is 6.54 Å². The summed E-state index contributed by atoms with van der Waals surface area (Å²) in [6, 6.07) is 0. The molecule has 0 bridgehead atoms. The lowest BCUT2D eigenvalue weighted by Crippen LogP contribution is -2.32. The number of hydrogen-bond acceptors (Lipinski definition) is 1. The van der Waals surface area contributed by atoms with Crippen molar-refractivity contribution in [3.05, 3.63) is 0 Å². The molecular weight excluding hydrogens is 122 g/mol. The molecule has 2 N–H and O–H groups in total. The van der Waals surface area contributed by atoms with E-state index in [-0.39, 0.29) is 0 Å². The van der Waals surface area contributed by atoms with Crippen LogP contribution in [0, 0.1) is 17.3 Å². The molecule has 0 aromatic rings. The van der Waals surface area contributed by atoms with Crippen molar-refractivity contribution in [3.63, 3.8) is 0 Å². The van der Waals surface area contributed by atoms with Crippen LogP contribution in [-0.2, 0) is 0 Å². The minimum absolute atomic E-state index is 0.384. The summed E-state index contributed by atoms with van der Waals surface area (Å²) in [5, 5.41) is 0. The first-order valence-electron chi connectivity index (χ1n) is 4.13. The summed E-state index contributed by atoms with van der Waals surface area (Å²) >= 11 is 0. The van der Waals surface area contributed by atoms with E-state index >= 15 is 0 Å². The zero-order valence-corrected chi connectivity index (χ0v) is 7.94. The Morgan fingerprint density at radius 1 is 1.20 bits per heavy atom. The zero-order chi connectivity index (χ0) is 8.36. The molecule has 0 fully saturated rings. The van der Waals surface area contributed by atoms with Crippen molar-refractivity contribution in [2.45, 2.75) is 34.6 Å². The highest BCUT2D eigenvalue weighted by Crippen LogP contribution is 2.33. The largest absolute Gasteiger partial charge is 0.330 e. The molecular formula is C9H21N. The summed E-state index contributed by atoms with van der Waals surface area (Å²) in [5.41, 5.74) is 5.98. The monoisotopic (exact) mass is 143 g/mol. The molecule has 0 heterocycles. The van der Waals surface area contributed by atoms with E-state index in [0.717, 1.165) is 6.54 Å². The van der Waals surface area contributed by atoms with E-state index in [2.05, 4.69) is 34.6 Å². The minimum atomic E-state index is 0.384. The molecule has 0 radical (unpaired) electrons. The van der Waals surface area contributed by atoms with E-state index in [1.54, 1.807) is 0 Å². The van der Waals surface area contributed by atoms with Gasteiger partial charge >= 0.3 is 0 Å². The van der Waals surface area contributed by atoms with Gasteiger partial charge in [-0.05, 0) is 23.8 Å². The van der Waals surface area contributed by atoms with Gasteiger partial charge in [0.2, 0.25) is 0 Å². The van der Waals surface area contributed by atoms with E-state index in [1.807, 2.05) is 0 Å². The van der Waals surface area contributed by atoms with Gasteiger partial charge in [0, 0.05) is 0 Å². The number of nitrogens with two attached hydrogens (primary N) is 1. The Bertz CT molecular complexity index is 94.9. The molecule has 0 aliphatic carbocycles. The molecule has 1 unspecified atom stereocenters. The first kappa shape index (κ1) is 9.96. The van der Waals surface area contributed by atoms with Crippen LogP contribution in [-0.4, -0.2) is 6.54 Å². The van der Waals surface area contributed by atoms with Gasteiger partial charge < -0.3 is 5.73 Å². The van der Waals surface area contributed by atoms with Crippen molar-refractivity contribution in [1.82, 2.24) is 0 Å². The van der Waals surface area contributed by atoms with E-state index in [0.29, 0.717) is 17.3 Å². The second kappa shape index (κ2) is 3.38. The summed E-state index contributed by atoms with van der Waals surface area (Å²) in [6.45, 7) is 12.1. The molecule has 1 atom stereocenters. The molecule has 0 saturated heterocycles. The minimum Gasteiger partial charge on any atom is -0.330 e. The van der Waals surface area contributed by atoms with Gasteiger partial charge in [0.05, 0.1) is 0 Å². The van der Waals surface area contributed by atoms with Gasteiger partial charge in [-0.2, -0.15) is 0 Å². The zero-order valence-electron chi connectivity index (χ0n) is 7.94. The van der Waals surface area contributed by atoms with E-state index in [1.165, 1.54) is 0 Å². The van der Waals surface area contributed by atoms with E-state index in [4.69, 9.17) is 5.73 Å². The summed E-state index contributed by atoms with van der Waals surface area (Å²) in [7, 11) is 0. The number of rotatable bonds is 3. The fourth-order valence-corrected chi connectivity index (χ4v) is 0.873. The highest BCUT2D eigenvalue weighted by Gasteiger charge is 2.27. The number of hydrogen-bond donors (Lipinski definition) is 1. The molecule has 62 valence electrons. The van der Waals surface area contributed by atoms with Crippen LogP contribution >= 0.6 is 0 Å². The fraction of sp³-hybridized carbons (Fsp3) is 1.00. The van der Waals surface area contributed by atoms with Gasteiger partial charge in [-0.1, -0.05) is 34.6 Å². The van der Waals surface area contributed by atoms with Crippen LogP contribution in [0.5, 0.6) is 0 Å². The molecule has 0 aromatic carbocycles. The van der Waals surface area contributed by atoms with Crippen LogP contribution in [0.2, 0.25) is 0 Å². The Labute approximate surface area is 65.0 Å². The van der Waals surface area contributed by atoms with Gasteiger partial charge in [-0.3, -0.25) is 0 Å². The van der Waals surface area contributed by atoms with Crippen LogP contribution in [0.15, 0.2) is 0 Å². The van der Waals surface area contributed by atoms with Gasteiger partial charge in [-0.25, -0.2) is 0 Å². The maximum atomic E-state index is 5.60. The fourth-order valence-electron chi connectivity index (χ4n) is 0.873. The van der Waals surface area contributed by atoms with Crippen molar-refractivity contribution in [3.8, 4) is 0 Å². The van der Waals surface area contributed by atoms with Crippen LogP contribution in [0.3, 0.4) is 0 Å². The highest BCUT2D eigenvalue weighted by atomic mass is 14.6. The molecule has 0 aromatic heterocycles. The molecule has 0 rings (SSSR count). The average molecular weight is 143 g/mol. The van der Waals surface area contributed by atoms with Crippen molar-refractivity contribution in [2.24, 2.45) is 23.0 Å². The van der Waals surface area contributed by atoms with Crippen molar-refractivity contribution < 1.29 is 0 Å². The third kappa shape index (κ3) is 1.98. The Balaban J connectivity index is 4.09. The van der Waals surface area contributed by atoms with Crippen LogP contribution < -0.4 is 5.73 Å². The van der Waals surface area contributed by atoms with Gasteiger partial charge in [0.15, 0.2) is 0 Å². The lowest BCUT2D eigenvalue weighted by atomic mass is 9.71. The third-order valence-electron chi connectivity index (χ3n) is 3.11. The molecule has 0 amide bonds. The summed E-state index contributed by atoms with van der Waals surface area (Å²) in [5.74, 6) is 1.33. The molecule has 0 aliphatic heterocycles. The van der Waals surface area contributed by atoms with Gasteiger partial charge in [0.25, 0.3) is 0 Å². The first-order valence-corrected chi connectivity index (χ1v) is 4.13. The average Bonchev–Trinajstić information content (AvgIpc) is 1.86. The first-order chi connectivity index (χ1) is 4.42. The second-order valence-electron chi connectivity index (χ2n) is 4.11. The van der Waals surface area contributed by atoms with E-state index < -0.39 is 0 Å². The topological polar surface area (TPSA) is 26.0 Å². The van der Waals surface area contributed by atoms with Crippen LogP contribution in [0.1, 0.15) is 34.6 Å². The highest BCUT2D eigenvalue weighted by molar-refractivity contribution is 4.78. The summed E-state index contributed by atoms with van der Waals surface area (Å²) in [6.07, 6.45) is 0. The second-order valence-corrected chi connectivity index (χ2v) is 4.11. The predicted molar refractivity (Wildman–Crippen MR) is 46.8 cm³/mol. The Morgan fingerprint density at radius 2 is 1.60 bits per heavy atom. The Kier molecular flexibility index (Phi) is 3.37. The van der Waals surface area contributed by atoms with Crippen LogP contribution in [0.4, 0.5) is 0 Å². The smallest absolute Gasteiger partial charge is 0.00463 e. The van der Waals surface area contributed by atoms with E-state index in [9.17, 15) is 0 Å². The SMILES string of the molecule is CC(C)C(C)(C)C(C)CN. The van der Waals surface area contributed by atoms with Gasteiger partial charge in [0.1, 0.15) is 0 Å². The Hall–Kier alpha value is -0.0400. The van der Waals surface area contributed by atoms with Crippen molar-refractivity contribution >= 4 is 0 Å². The quantitative estimate of drug-likeness (QED) is 0.644. The molecule has 0 saturated carbocycles. The molecule has 0 aliphatic rings. The summed E-state index contributed by atoms with van der Waals surface area (Å²) in [4.78, 5) is 0. The maximum Gasteiger partial charge on any atom is -0.00463 e. The van der Waals surface area contributed by atoms with Crippen molar-refractivity contribution in [1.29, 1.82) is 0 Å². The Morgan fingerprint density at radius 3 is 1.70 bits per heavy atom. The lowest BCUT2D eigenvalue weighted by Gasteiger charge is -2.35. The molecule has 0 spiro atoms. The lowest BCUT2D eigenvalue weighted by molar-refractivity contribution is 0.157. The van der Waals surface area contributed by atoms with Crippen LogP contribution in [0.25, 0.3) is 0 Å². The molecule has 10 heavy (non-hydrogen) atoms. The predicted octanol–water partition coefficient (Wildman–Crippen LogP) is 2.26.